The molecule has 0 unspecified atom stereocenters. The molecule has 5 rings (SSSR count). The lowest BCUT2D eigenvalue weighted by atomic mass is 10.0. The SMILES string of the molecule is CC(=O)O.COc1cc(OCCF)c(F)c([C@H](Nc2ccc(C(=N)N)cc2)c2nn(-c3ncccn3)c(=O)[nH]2)c1.COc1ccc(F)c(O[Si](C(C)C)(C(C)C)C(C)C)c1. The highest BCUT2D eigenvalue weighted by molar-refractivity contribution is 6.78. The van der Waals surface area contributed by atoms with Gasteiger partial charge in [0.2, 0.25) is 0 Å². The van der Waals surface area contributed by atoms with Crippen LogP contribution in [0.4, 0.5) is 18.9 Å². The number of rotatable bonds is 16. The lowest BCUT2D eigenvalue weighted by molar-refractivity contribution is -0.134. The number of nitrogens with zero attached hydrogens (tertiary/aromatic N) is 4. The zero-order valence-electron chi connectivity index (χ0n) is 35.0. The fourth-order valence-corrected chi connectivity index (χ4v) is 11.9. The Bertz CT molecular complexity index is 2200. The molecular formula is C41H53F3N8O7Si. The minimum Gasteiger partial charge on any atom is -0.541 e. The fourth-order valence-electron chi connectivity index (χ4n) is 6.62. The second kappa shape index (κ2) is 22.1. The number of nitrogens with one attached hydrogen (secondary N) is 3. The molecule has 6 N–H and O–H groups in total. The summed E-state index contributed by atoms with van der Waals surface area (Å²) >= 11 is 0. The van der Waals surface area contributed by atoms with Crippen LogP contribution < -0.4 is 35.4 Å². The van der Waals surface area contributed by atoms with Crippen molar-refractivity contribution >= 4 is 25.8 Å². The van der Waals surface area contributed by atoms with E-state index in [1.807, 2.05) is 0 Å². The number of methoxy groups -OCH3 is 2. The third kappa shape index (κ3) is 12.3. The minimum absolute atomic E-state index is 0.00809. The van der Waals surface area contributed by atoms with Crippen LogP contribution >= 0.6 is 0 Å². The highest BCUT2D eigenvalue weighted by Crippen LogP contribution is 2.43. The molecule has 2 heterocycles. The maximum atomic E-state index is 15.6. The van der Waals surface area contributed by atoms with Crippen molar-refractivity contribution in [1.82, 2.24) is 24.7 Å². The Morgan fingerprint density at radius 2 is 1.50 bits per heavy atom. The summed E-state index contributed by atoms with van der Waals surface area (Å²) in [7, 11) is 0.838. The average Bonchev–Trinajstić information content (AvgIpc) is 3.60. The molecule has 0 fully saturated rings. The highest BCUT2D eigenvalue weighted by Gasteiger charge is 2.47. The number of amidine groups is 1. The number of aliphatic carboxylic acids is 1. The van der Waals surface area contributed by atoms with Gasteiger partial charge in [-0.1, -0.05) is 41.5 Å². The number of ether oxygens (including phenoxy) is 3. The number of carbonyl (C=O) groups is 1. The summed E-state index contributed by atoms with van der Waals surface area (Å²) in [5.41, 5.74) is 7.11. The minimum atomic E-state index is -2.13. The van der Waals surface area contributed by atoms with E-state index in [1.54, 1.807) is 49.6 Å². The maximum Gasteiger partial charge on any atom is 0.350 e. The molecule has 0 saturated carbocycles. The number of hydrogen-bond donors (Lipinski definition) is 5. The molecular weight excluding hydrogens is 802 g/mol. The van der Waals surface area contributed by atoms with Crippen LogP contribution in [0.15, 0.2) is 77.9 Å². The average molecular weight is 855 g/mol. The molecule has 19 heteroatoms. The summed E-state index contributed by atoms with van der Waals surface area (Å²) in [6.45, 7) is 13.0. The van der Waals surface area contributed by atoms with Crippen molar-refractivity contribution in [3.8, 4) is 28.9 Å². The molecule has 0 bridgehead atoms. The standard InChI is InChI=1S/C23H22F2N8O3.C16H27FO2Si.C2H4O2/c1-35-15-11-16(18(25)17(12-15)36-10-7-24)19(30-14-5-3-13(4-6-14)20(26)27)21-31-23(34)33(32-21)22-28-8-2-9-29-22;1-11(2)20(12(3)4,13(5)6)19-16-10-14(18-7)8-9-15(16)17;1-2(3)4/h2-6,8-9,11-12,19,30H,7,10H2,1H3,(H3,26,27)(H,31,32,34);8-13H,1-7H3;1H3,(H,3,4)/t19-;;/m0../s1. The van der Waals surface area contributed by atoms with Crippen LogP contribution in [-0.4, -0.2) is 77.5 Å². The van der Waals surface area contributed by atoms with Crippen LogP contribution in [0.5, 0.6) is 23.0 Å². The maximum absolute atomic E-state index is 15.6. The lowest BCUT2D eigenvalue weighted by Gasteiger charge is -2.42. The molecule has 0 aliphatic rings. The van der Waals surface area contributed by atoms with Gasteiger partial charge in [0, 0.05) is 48.3 Å². The molecule has 0 aliphatic carbocycles. The zero-order valence-corrected chi connectivity index (χ0v) is 36.0. The van der Waals surface area contributed by atoms with E-state index in [1.165, 1.54) is 37.7 Å². The number of halogens is 3. The highest BCUT2D eigenvalue weighted by atomic mass is 28.4. The van der Waals surface area contributed by atoms with Gasteiger partial charge in [0.25, 0.3) is 20.2 Å². The summed E-state index contributed by atoms with van der Waals surface area (Å²) < 4.78 is 65.4. The number of anilines is 1. The van der Waals surface area contributed by atoms with E-state index < -0.39 is 38.5 Å². The first-order valence-corrected chi connectivity index (χ1v) is 21.0. The summed E-state index contributed by atoms with van der Waals surface area (Å²) in [5, 5.41) is 22.4. The third-order valence-corrected chi connectivity index (χ3v) is 15.2. The van der Waals surface area contributed by atoms with E-state index in [4.69, 9.17) is 39.7 Å². The van der Waals surface area contributed by atoms with E-state index in [0.29, 0.717) is 39.4 Å². The predicted molar refractivity (Wildman–Crippen MR) is 225 cm³/mol. The molecule has 60 heavy (non-hydrogen) atoms. The van der Waals surface area contributed by atoms with Gasteiger partial charge in [-0.3, -0.25) is 15.2 Å². The Kier molecular flexibility index (Phi) is 17.7. The predicted octanol–water partition coefficient (Wildman–Crippen LogP) is 7.81. The molecule has 3 aromatic carbocycles. The number of alkyl halides is 1. The molecule has 324 valence electrons. The molecule has 15 nitrogen and oxygen atoms in total. The van der Waals surface area contributed by atoms with Gasteiger partial charge >= 0.3 is 5.69 Å². The zero-order chi connectivity index (χ0) is 44.7. The number of hydrogen-bond acceptors (Lipinski definition) is 11. The van der Waals surface area contributed by atoms with Crippen molar-refractivity contribution in [3.63, 3.8) is 0 Å². The number of carboxylic acids is 1. The Hall–Kier alpha value is -6.37. The van der Waals surface area contributed by atoms with Crippen LogP contribution in [0, 0.1) is 17.0 Å². The molecule has 0 radical (unpaired) electrons. The molecule has 2 aromatic heterocycles. The fraction of sp³-hybridized carbons (Fsp3) is 0.366. The largest absolute Gasteiger partial charge is 0.541 e. The van der Waals surface area contributed by atoms with Crippen molar-refractivity contribution in [2.75, 3.05) is 32.8 Å². The van der Waals surface area contributed by atoms with Crippen LogP contribution in [0.25, 0.3) is 5.95 Å². The van der Waals surface area contributed by atoms with Crippen LogP contribution in [0.1, 0.15) is 71.5 Å². The Morgan fingerprint density at radius 1 is 0.933 bits per heavy atom. The first-order valence-electron chi connectivity index (χ1n) is 18.9. The quantitative estimate of drug-likeness (QED) is 0.0365. The third-order valence-electron chi connectivity index (χ3n) is 9.21. The number of aromatic nitrogens is 5. The van der Waals surface area contributed by atoms with E-state index in [2.05, 4.69) is 66.9 Å². The number of nitrogen functional groups attached to an aromatic ring is 1. The van der Waals surface area contributed by atoms with Gasteiger partial charge in [-0.15, -0.1) is 9.78 Å². The summed E-state index contributed by atoms with van der Waals surface area (Å²) in [6, 6.07) is 14.4. The van der Waals surface area contributed by atoms with Crippen molar-refractivity contribution in [2.24, 2.45) is 5.73 Å². The van der Waals surface area contributed by atoms with Gasteiger partial charge in [-0.2, -0.15) is 0 Å². The first-order chi connectivity index (χ1) is 28.4. The number of H-pyrrole nitrogens is 1. The normalized spacial score (nSPS) is 11.5. The van der Waals surface area contributed by atoms with E-state index in [9.17, 15) is 13.6 Å². The van der Waals surface area contributed by atoms with Crippen molar-refractivity contribution in [2.45, 2.75) is 71.1 Å². The monoisotopic (exact) mass is 854 g/mol. The van der Waals surface area contributed by atoms with Crippen LogP contribution in [-0.2, 0) is 4.79 Å². The molecule has 1 atom stereocenters. The van der Waals surface area contributed by atoms with E-state index in [0.717, 1.165) is 11.6 Å². The van der Waals surface area contributed by atoms with Crippen molar-refractivity contribution in [1.29, 1.82) is 5.41 Å². The summed E-state index contributed by atoms with van der Waals surface area (Å²) in [5.74, 6) is -1.04. The lowest BCUT2D eigenvalue weighted by Crippen LogP contribution is -2.50. The molecule has 0 saturated heterocycles. The van der Waals surface area contributed by atoms with Gasteiger partial charge < -0.3 is 34.8 Å². The van der Waals surface area contributed by atoms with Gasteiger partial charge in [0.1, 0.15) is 42.4 Å². The smallest absolute Gasteiger partial charge is 0.350 e. The van der Waals surface area contributed by atoms with E-state index >= 15 is 4.39 Å². The Balaban J connectivity index is 0.000000338. The number of carboxylic acid groups (broad SMARTS) is 1. The second-order valence-corrected chi connectivity index (χ2v) is 19.5. The van der Waals surface area contributed by atoms with Gasteiger partial charge in [-0.25, -0.2) is 27.9 Å². The molecule has 0 spiro atoms. The summed E-state index contributed by atoms with van der Waals surface area (Å²) in [4.78, 5) is 32.3. The van der Waals surface area contributed by atoms with Crippen molar-refractivity contribution in [3.05, 3.63) is 112 Å². The molecule has 0 amide bonds. The van der Waals surface area contributed by atoms with Gasteiger partial charge in [-0.05, 0) is 65.2 Å². The number of benzene rings is 3. The van der Waals surface area contributed by atoms with Crippen LogP contribution in [0.3, 0.4) is 0 Å². The molecule has 5 aromatic rings. The summed E-state index contributed by atoms with van der Waals surface area (Å²) in [6.07, 6.45) is 2.90. The topological polar surface area (TPSA) is 213 Å². The number of aromatic amines is 1. The van der Waals surface area contributed by atoms with Crippen LogP contribution in [0.2, 0.25) is 16.6 Å². The Labute approximate surface area is 347 Å². The first kappa shape index (κ1) is 48.0. The van der Waals surface area contributed by atoms with Gasteiger partial charge in [0.05, 0.1) is 14.2 Å². The van der Waals surface area contributed by atoms with Crippen molar-refractivity contribution < 1.29 is 41.7 Å². The number of nitrogens with two attached hydrogens (primary N) is 1. The molecule has 0 aliphatic heterocycles. The van der Waals surface area contributed by atoms with E-state index in [-0.39, 0.29) is 47.1 Å². The van der Waals surface area contributed by atoms with Gasteiger partial charge in [0.15, 0.2) is 23.2 Å². The second-order valence-electron chi connectivity index (χ2n) is 14.1. The Morgan fingerprint density at radius 3 is 2.02 bits per heavy atom.